The van der Waals surface area contributed by atoms with Gasteiger partial charge in [-0.3, -0.25) is 19.3 Å². The van der Waals surface area contributed by atoms with Crippen molar-refractivity contribution in [1.82, 2.24) is 24.1 Å². The quantitative estimate of drug-likeness (QED) is 0.416. The molecule has 4 aromatic heterocycles. The van der Waals surface area contributed by atoms with Crippen molar-refractivity contribution in [3.05, 3.63) is 82.2 Å². The molecular weight excluding hydrogens is 386 g/mol. The van der Waals surface area contributed by atoms with Crippen molar-refractivity contribution < 1.29 is 0 Å². The number of aryl methyl sites for hydroxylation is 4. The van der Waals surface area contributed by atoms with Gasteiger partial charge in [0, 0.05) is 47.5 Å². The Morgan fingerprint density at radius 1 is 0.806 bits per heavy atom. The maximum atomic E-state index is 13.0. The smallest absolute Gasteiger partial charge is 0.261 e. The van der Waals surface area contributed by atoms with Crippen LogP contribution >= 0.6 is 0 Å². The second-order valence-electron chi connectivity index (χ2n) is 7.72. The van der Waals surface area contributed by atoms with Gasteiger partial charge in [-0.25, -0.2) is 4.52 Å². The van der Waals surface area contributed by atoms with Crippen molar-refractivity contribution in [2.75, 3.05) is 0 Å². The molecule has 5 rings (SSSR count). The SMILES string of the molecule is C.Cc1ccc(-c2ccc3c(=O)n(C)c4cc(-c5cc(C)nc(C)c5)nn4c3c2)cn1. The molecule has 0 aliphatic carbocycles. The third-order valence-corrected chi connectivity index (χ3v) is 5.42. The van der Waals surface area contributed by atoms with Crippen LogP contribution in [-0.4, -0.2) is 24.1 Å². The Hall–Kier alpha value is -3.80. The van der Waals surface area contributed by atoms with Crippen LogP contribution in [0.5, 0.6) is 0 Å². The fraction of sp³-hybridized carbons (Fsp3) is 0.200. The predicted molar refractivity (Wildman–Crippen MR) is 125 cm³/mol. The monoisotopic (exact) mass is 411 g/mol. The van der Waals surface area contributed by atoms with Crippen LogP contribution in [0.4, 0.5) is 0 Å². The molecule has 0 aliphatic rings. The van der Waals surface area contributed by atoms with Gasteiger partial charge in [-0.15, -0.1) is 0 Å². The largest absolute Gasteiger partial charge is 0.296 e. The lowest BCUT2D eigenvalue weighted by Gasteiger charge is -2.08. The van der Waals surface area contributed by atoms with E-state index in [4.69, 9.17) is 5.10 Å². The minimum atomic E-state index is -0.0420. The van der Waals surface area contributed by atoms with Crippen LogP contribution in [0.2, 0.25) is 0 Å². The third kappa shape index (κ3) is 3.40. The Kier molecular flexibility index (Phi) is 4.93. The molecule has 0 N–H and O–H groups in total. The topological polar surface area (TPSA) is 65.1 Å². The van der Waals surface area contributed by atoms with E-state index in [0.29, 0.717) is 5.39 Å². The molecule has 0 fully saturated rings. The van der Waals surface area contributed by atoms with Gasteiger partial charge in [0.05, 0.1) is 16.6 Å². The van der Waals surface area contributed by atoms with Crippen LogP contribution in [-0.2, 0) is 7.05 Å². The normalized spacial score (nSPS) is 11.1. The molecule has 6 heteroatoms. The van der Waals surface area contributed by atoms with E-state index < -0.39 is 0 Å². The molecule has 0 radical (unpaired) electrons. The molecule has 0 aliphatic heterocycles. The van der Waals surface area contributed by atoms with Crippen molar-refractivity contribution in [3.8, 4) is 22.4 Å². The first-order chi connectivity index (χ1) is 14.4. The standard InChI is InChI=1S/C24H21N5O.CH4/c1-14-5-6-18(13-25-14)17-7-8-20-22(11-17)29-23(28(4)24(20)30)12-21(27-29)19-9-15(2)26-16(3)10-19;/h5-13H,1-4H3;1H4. The third-order valence-electron chi connectivity index (χ3n) is 5.42. The Balaban J connectivity index is 0.00000231. The summed E-state index contributed by atoms with van der Waals surface area (Å²) in [5.74, 6) is 0. The van der Waals surface area contributed by atoms with E-state index in [9.17, 15) is 4.79 Å². The zero-order chi connectivity index (χ0) is 21.0. The van der Waals surface area contributed by atoms with E-state index in [-0.39, 0.29) is 13.0 Å². The molecule has 5 aromatic rings. The van der Waals surface area contributed by atoms with Crippen LogP contribution in [0.25, 0.3) is 38.9 Å². The van der Waals surface area contributed by atoms with Gasteiger partial charge in [0.15, 0.2) is 0 Å². The Bertz CT molecular complexity index is 1470. The molecule has 156 valence electrons. The lowest BCUT2D eigenvalue weighted by atomic mass is 10.1. The van der Waals surface area contributed by atoms with Crippen molar-refractivity contribution >= 4 is 16.6 Å². The molecule has 4 heterocycles. The van der Waals surface area contributed by atoms with Crippen molar-refractivity contribution in [3.63, 3.8) is 0 Å². The first-order valence-electron chi connectivity index (χ1n) is 9.82. The molecule has 0 bridgehead atoms. The van der Waals surface area contributed by atoms with Crippen molar-refractivity contribution in [2.24, 2.45) is 7.05 Å². The Morgan fingerprint density at radius 2 is 1.52 bits per heavy atom. The highest BCUT2D eigenvalue weighted by atomic mass is 16.1. The van der Waals surface area contributed by atoms with Gasteiger partial charge in [-0.2, -0.15) is 5.10 Å². The number of fused-ring (bicyclic) bond motifs is 3. The molecule has 0 saturated carbocycles. The first kappa shape index (κ1) is 20.5. The number of hydrogen-bond acceptors (Lipinski definition) is 4. The van der Waals surface area contributed by atoms with E-state index >= 15 is 0 Å². The summed E-state index contributed by atoms with van der Waals surface area (Å²) in [4.78, 5) is 21.8. The fourth-order valence-corrected chi connectivity index (χ4v) is 3.90. The lowest BCUT2D eigenvalue weighted by molar-refractivity contribution is 0.850. The number of nitrogens with zero attached hydrogens (tertiary/aromatic N) is 5. The summed E-state index contributed by atoms with van der Waals surface area (Å²) in [5.41, 5.74) is 8.13. The second kappa shape index (κ2) is 7.47. The summed E-state index contributed by atoms with van der Waals surface area (Å²) < 4.78 is 3.50. The molecular formula is C25H25N5O. The molecule has 0 amide bonds. The minimum absolute atomic E-state index is 0. The highest BCUT2D eigenvalue weighted by Gasteiger charge is 2.14. The Morgan fingerprint density at radius 3 is 2.19 bits per heavy atom. The molecule has 6 nitrogen and oxygen atoms in total. The number of benzene rings is 1. The zero-order valence-corrected chi connectivity index (χ0v) is 17.3. The summed E-state index contributed by atoms with van der Waals surface area (Å²) in [6, 6.07) is 15.8. The maximum absolute atomic E-state index is 13.0. The molecule has 0 saturated heterocycles. The maximum Gasteiger partial charge on any atom is 0.261 e. The highest BCUT2D eigenvalue weighted by molar-refractivity contribution is 5.86. The van der Waals surface area contributed by atoms with Crippen molar-refractivity contribution in [2.45, 2.75) is 28.2 Å². The van der Waals surface area contributed by atoms with Gasteiger partial charge in [-0.05, 0) is 56.7 Å². The van der Waals surface area contributed by atoms with Gasteiger partial charge < -0.3 is 0 Å². The van der Waals surface area contributed by atoms with Gasteiger partial charge in [0.1, 0.15) is 5.65 Å². The predicted octanol–water partition coefficient (Wildman–Crippen LogP) is 4.87. The minimum Gasteiger partial charge on any atom is -0.296 e. The summed E-state index contributed by atoms with van der Waals surface area (Å²) in [7, 11) is 1.78. The van der Waals surface area contributed by atoms with E-state index in [1.165, 1.54) is 0 Å². The first-order valence-corrected chi connectivity index (χ1v) is 9.82. The van der Waals surface area contributed by atoms with Gasteiger partial charge in [0.2, 0.25) is 0 Å². The Labute approximate surface area is 180 Å². The van der Waals surface area contributed by atoms with Crippen LogP contribution in [0.1, 0.15) is 24.5 Å². The average molecular weight is 412 g/mol. The molecule has 0 atom stereocenters. The van der Waals surface area contributed by atoms with Gasteiger partial charge >= 0.3 is 0 Å². The lowest BCUT2D eigenvalue weighted by Crippen LogP contribution is -2.19. The van der Waals surface area contributed by atoms with Crippen LogP contribution in [0.15, 0.2) is 59.5 Å². The van der Waals surface area contributed by atoms with Crippen LogP contribution < -0.4 is 5.56 Å². The van der Waals surface area contributed by atoms with Gasteiger partial charge in [0.25, 0.3) is 5.56 Å². The van der Waals surface area contributed by atoms with E-state index in [1.807, 2.05) is 80.0 Å². The molecule has 0 unspecified atom stereocenters. The summed E-state index contributed by atoms with van der Waals surface area (Å²) in [6.07, 6.45) is 1.85. The highest BCUT2D eigenvalue weighted by Crippen LogP contribution is 2.26. The zero-order valence-electron chi connectivity index (χ0n) is 17.3. The van der Waals surface area contributed by atoms with Crippen molar-refractivity contribution in [1.29, 1.82) is 0 Å². The summed E-state index contributed by atoms with van der Waals surface area (Å²) in [6.45, 7) is 5.91. The fourth-order valence-electron chi connectivity index (χ4n) is 3.90. The van der Waals surface area contributed by atoms with E-state index in [1.54, 1.807) is 11.6 Å². The van der Waals surface area contributed by atoms with Crippen LogP contribution in [0, 0.1) is 20.8 Å². The second-order valence-corrected chi connectivity index (χ2v) is 7.72. The summed E-state index contributed by atoms with van der Waals surface area (Å²) in [5, 5.41) is 5.49. The van der Waals surface area contributed by atoms with Gasteiger partial charge in [-0.1, -0.05) is 19.6 Å². The number of rotatable bonds is 2. The average Bonchev–Trinajstić information content (AvgIpc) is 3.17. The number of pyridine rings is 2. The number of hydrogen-bond donors (Lipinski definition) is 0. The summed E-state index contributed by atoms with van der Waals surface area (Å²) >= 11 is 0. The molecule has 1 aromatic carbocycles. The molecule has 31 heavy (non-hydrogen) atoms. The van der Waals surface area contributed by atoms with E-state index in [0.717, 1.165) is 50.6 Å². The van der Waals surface area contributed by atoms with Crippen LogP contribution in [0.3, 0.4) is 0 Å². The van der Waals surface area contributed by atoms with E-state index in [2.05, 4.69) is 9.97 Å². The number of aromatic nitrogens is 5. The molecule has 0 spiro atoms.